The molecular weight excluding hydrogens is 198 g/mol. The lowest BCUT2D eigenvalue weighted by Crippen LogP contribution is -2.15. The second kappa shape index (κ2) is 9.83. The molecule has 0 amide bonds. The highest BCUT2D eigenvalue weighted by Gasteiger charge is 2.14. The Kier molecular flexibility index (Phi) is 9.60. The highest BCUT2D eigenvalue weighted by atomic mass is 16.1. The average Bonchev–Trinajstić information content (AvgIpc) is 2.24. The van der Waals surface area contributed by atoms with Crippen molar-refractivity contribution in [2.45, 2.75) is 65.7 Å². The maximum Gasteiger partial charge on any atom is 0.132 e. The monoisotopic (exact) mass is 227 g/mol. The van der Waals surface area contributed by atoms with Crippen molar-refractivity contribution in [1.29, 1.82) is 0 Å². The summed E-state index contributed by atoms with van der Waals surface area (Å²) in [5.41, 5.74) is 5.59. The Balaban J connectivity index is 3.69. The fraction of sp³-hybridized carbons (Fsp3) is 0.929. The molecule has 0 aliphatic carbocycles. The van der Waals surface area contributed by atoms with E-state index in [1.807, 2.05) is 0 Å². The number of hydrogen-bond donors (Lipinski definition) is 1. The standard InChI is InChI=1S/C14H29NO/c1-4-5-6-7-14(16)9-8-13(10-11-15)12(2)3/h12-13H,4-11,15H2,1-3H3. The van der Waals surface area contributed by atoms with Gasteiger partial charge in [-0.15, -0.1) is 0 Å². The molecule has 1 unspecified atom stereocenters. The minimum Gasteiger partial charge on any atom is -0.330 e. The summed E-state index contributed by atoms with van der Waals surface area (Å²) in [6.45, 7) is 7.36. The second-order valence-corrected chi connectivity index (χ2v) is 5.12. The molecule has 0 saturated heterocycles. The number of carbonyl (C=O) groups excluding carboxylic acids is 1. The Morgan fingerprint density at radius 1 is 1.12 bits per heavy atom. The molecule has 0 aliphatic heterocycles. The summed E-state index contributed by atoms with van der Waals surface area (Å²) >= 11 is 0. The third kappa shape index (κ3) is 7.86. The van der Waals surface area contributed by atoms with Crippen molar-refractivity contribution in [3.8, 4) is 0 Å². The van der Waals surface area contributed by atoms with Crippen LogP contribution in [-0.2, 0) is 4.79 Å². The molecule has 1 atom stereocenters. The van der Waals surface area contributed by atoms with Crippen molar-refractivity contribution in [2.24, 2.45) is 17.6 Å². The molecule has 0 saturated carbocycles. The summed E-state index contributed by atoms with van der Waals surface area (Å²) in [6.07, 6.45) is 7.06. The fourth-order valence-electron chi connectivity index (χ4n) is 2.07. The zero-order valence-electron chi connectivity index (χ0n) is 11.3. The summed E-state index contributed by atoms with van der Waals surface area (Å²) in [5.74, 6) is 1.71. The highest BCUT2D eigenvalue weighted by Crippen LogP contribution is 2.21. The number of ketones is 1. The van der Waals surface area contributed by atoms with Gasteiger partial charge in [0.2, 0.25) is 0 Å². The van der Waals surface area contributed by atoms with Crippen molar-refractivity contribution in [1.82, 2.24) is 0 Å². The number of rotatable bonds is 10. The highest BCUT2D eigenvalue weighted by molar-refractivity contribution is 5.78. The Morgan fingerprint density at radius 2 is 1.81 bits per heavy atom. The van der Waals surface area contributed by atoms with E-state index < -0.39 is 0 Å². The molecule has 0 rings (SSSR count). The largest absolute Gasteiger partial charge is 0.330 e. The third-order valence-corrected chi connectivity index (χ3v) is 3.33. The smallest absolute Gasteiger partial charge is 0.132 e. The molecule has 16 heavy (non-hydrogen) atoms. The van der Waals surface area contributed by atoms with Gasteiger partial charge < -0.3 is 5.73 Å². The zero-order valence-corrected chi connectivity index (χ0v) is 11.3. The van der Waals surface area contributed by atoms with Crippen LogP contribution in [0.5, 0.6) is 0 Å². The zero-order chi connectivity index (χ0) is 12.4. The van der Waals surface area contributed by atoms with E-state index in [2.05, 4.69) is 20.8 Å². The van der Waals surface area contributed by atoms with Crippen LogP contribution in [-0.4, -0.2) is 12.3 Å². The topological polar surface area (TPSA) is 43.1 Å². The van der Waals surface area contributed by atoms with E-state index in [-0.39, 0.29) is 0 Å². The number of hydrogen-bond acceptors (Lipinski definition) is 2. The van der Waals surface area contributed by atoms with Crippen LogP contribution in [0.1, 0.15) is 65.7 Å². The van der Waals surface area contributed by atoms with Crippen molar-refractivity contribution < 1.29 is 4.79 Å². The quantitative estimate of drug-likeness (QED) is 0.580. The van der Waals surface area contributed by atoms with E-state index in [9.17, 15) is 4.79 Å². The Morgan fingerprint density at radius 3 is 2.31 bits per heavy atom. The van der Waals surface area contributed by atoms with Gasteiger partial charge in [0.1, 0.15) is 5.78 Å². The summed E-state index contributed by atoms with van der Waals surface area (Å²) in [4.78, 5) is 11.6. The van der Waals surface area contributed by atoms with Crippen LogP contribution in [0.3, 0.4) is 0 Å². The van der Waals surface area contributed by atoms with E-state index in [0.717, 1.165) is 38.6 Å². The molecule has 0 fully saturated rings. The maximum atomic E-state index is 11.6. The molecular formula is C14H29NO. The van der Waals surface area contributed by atoms with Crippen LogP contribution >= 0.6 is 0 Å². The van der Waals surface area contributed by atoms with Gasteiger partial charge in [-0.25, -0.2) is 0 Å². The Labute approximate surface area is 101 Å². The van der Waals surface area contributed by atoms with Crippen LogP contribution in [0.2, 0.25) is 0 Å². The number of Topliss-reactive ketones (excluding diaryl/α,β-unsaturated/α-hetero) is 1. The minimum absolute atomic E-state index is 0.441. The van der Waals surface area contributed by atoms with Crippen molar-refractivity contribution in [2.75, 3.05) is 6.54 Å². The van der Waals surface area contributed by atoms with Crippen LogP contribution in [0, 0.1) is 11.8 Å². The van der Waals surface area contributed by atoms with E-state index in [1.54, 1.807) is 0 Å². The van der Waals surface area contributed by atoms with Gasteiger partial charge in [-0.1, -0.05) is 33.6 Å². The fourth-order valence-corrected chi connectivity index (χ4v) is 2.07. The van der Waals surface area contributed by atoms with Gasteiger partial charge in [0.25, 0.3) is 0 Å². The number of nitrogens with two attached hydrogens (primary N) is 1. The average molecular weight is 227 g/mol. The molecule has 0 spiro atoms. The van der Waals surface area contributed by atoms with Crippen LogP contribution in [0.4, 0.5) is 0 Å². The molecule has 0 aromatic heterocycles. The lowest BCUT2D eigenvalue weighted by molar-refractivity contribution is -0.119. The first-order valence-electron chi connectivity index (χ1n) is 6.83. The summed E-state index contributed by atoms with van der Waals surface area (Å²) in [6, 6.07) is 0. The van der Waals surface area contributed by atoms with Gasteiger partial charge in [-0.2, -0.15) is 0 Å². The van der Waals surface area contributed by atoms with Crippen LogP contribution < -0.4 is 5.73 Å². The van der Waals surface area contributed by atoms with Crippen molar-refractivity contribution in [3.63, 3.8) is 0 Å². The Bertz CT molecular complexity index is 178. The first kappa shape index (κ1) is 15.6. The lowest BCUT2D eigenvalue weighted by Gasteiger charge is -2.19. The lowest BCUT2D eigenvalue weighted by atomic mass is 9.87. The molecule has 0 bridgehead atoms. The van der Waals surface area contributed by atoms with Gasteiger partial charge in [-0.05, 0) is 37.6 Å². The maximum absolute atomic E-state index is 11.6. The molecule has 0 aromatic rings. The SMILES string of the molecule is CCCCCC(=O)CCC(CCN)C(C)C. The summed E-state index contributed by atoms with van der Waals surface area (Å²) < 4.78 is 0. The van der Waals surface area contributed by atoms with E-state index >= 15 is 0 Å². The van der Waals surface area contributed by atoms with Gasteiger partial charge >= 0.3 is 0 Å². The molecule has 2 nitrogen and oxygen atoms in total. The van der Waals surface area contributed by atoms with Crippen LogP contribution in [0.15, 0.2) is 0 Å². The molecule has 0 aliphatic rings. The number of unbranched alkanes of at least 4 members (excludes halogenated alkanes) is 2. The first-order valence-corrected chi connectivity index (χ1v) is 6.83. The van der Waals surface area contributed by atoms with Crippen LogP contribution in [0.25, 0.3) is 0 Å². The molecule has 2 heteroatoms. The second-order valence-electron chi connectivity index (χ2n) is 5.12. The predicted molar refractivity (Wildman–Crippen MR) is 70.4 cm³/mol. The molecule has 96 valence electrons. The molecule has 0 heterocycles. The van der Waals surface area contributed by atoms with Gasteiger partial charge in [0.15, 0.2) is 0 Å². The van der Waals surface area contributed by atoms with Crippen molar-refractivity contribution >= 4 is 5.78 Å². The summed E-state index contributed by atoms with van der Waals surface area (Å²) in [7, 11) is 0. The van der Waals surface area contributed by atoms with E-state index in [0.29, 0.717) is 17.6 Å². The number of carbonyl (C=O) groups is 1. The normalized spacial score (nSPS) is 13.1. The molecule has 0 aromatic carbocycles. The Hall–Kier alpha value is -0.370. The third-order valence-electron chi connectivity index (χ3n) is 3.33. The van der Waals surface area contributed by atoms with Gasteiger partial charge in [0.05, 0.1) is 0 Å². The molecule has 0 radical (unpaired) electrons. The van der Waals surface area contributed by atoms with Gasteiger partial charge in [0, 0.05) is 12.8 Å². The van der Waals surface area contributed by atoms with E-state index in [1.165, 1.54) is 12.8 Å². The summed E-state index contributed by atoms with van der Waals surface area (Å²) in [5, 5.41) is 0. The van der Waals surface area contributed by atoms with E-state index in [4.69, 9.17) is 5.73 Å². The molecule has 2 N–H and O–H groups in total. The minimum atomic E-state index is 0.441. The first-order chi connectivity index (χ1) is 7.61. The van der Waals surface area contributed by atoms with Gasteiger partial charge in [-0.3, -0.25) is 4.79 Å². The predicted octanol–water partition coefficient (Wildman–Crippen LogP) is 3.54. The van der Waals surface area contributed by atoms with Crippen molar-refractivity contribution in [3.05, 3.63) is 0 Å².